The van der Waals surface area contributed by atoms with Crippen LogP contribution < -0.4 is 15.4 Å². The smallest absolute Gasteiger partial charge is 0.389 e. The Kier molecular flexibility index (Phi) is 5.33. The summed E-state index contributed by atoms with van der Waals surface area (Å²) < 4.78 is 41.3. The first-order valence-corrected chi connectivity index (χ1v) is 7.24. The molecule has 1 heterocycles. The molecule has 3 nitrogen and oxygen atoms in total. The molecule has 0 bridgehead atoms. The van der Waals surface area contributed by atoms with Crippen molar-refractivity contribution in [3.63, 3.8) is 0 Å². The highest BCUT2D eigenvalue weighted by Crippen LogP contribution is 2.24. The Morgan fingerprint density at radius 1 is 1.24 bits per heavy atom. The van der Waals surface area contributed by atoms with Gasteiger partial charge in [-0.1, -0.05) is 0 Å². The molecule has 2 N–H and O–H groups in total. The lowest BCUT2D eigenvalue weighted by Crippen LogP contribution is -2.42. The second-order valence-corrected chi connectivity index (χ2v) is 5.41. The summed E-state index contributed by atoms with van der Waals surface area (Å²) in [6.07, 6.45) is -2.81. The molecule has 0 radical (unpaired) electrons. The van der Waals surface area contributed by atoms with Crippen molar-refractivity contribution in [1.29, 1.82) is 0 Å². The summed E-state index contributed by atoms with van der Waals surface area (Å²) in [7, 11) is 0. The van der Waals surface area contributed by atoms with Crippen LogP contribution in [0, 0.1) is 0 Å². The van der Waals surface area contributed by atoms with Gasteiger partial charge in [-0.3, -0.25) is 0 Å². The molecule has 2 rings (SSSR count). The molecule has 0 saturated carbocycles. The molecule has 1 atom stereocenters. The Bertz CT molecular complexity index is 434. The predicted molar refractivity (Wildman–Crippen MR) is 76.6 cm³/mol. The number of anilines is 1. The number of alkyl halides is 3. The van der Waals surface area contributed by atoms with E-state index >= 15 is 0 Å². The molecule has 1 fully saturated rings. The van der Waals surface area contributed by atoms with Gasteiger partial charge in [-0.2, -0.15) is 13.2 Å². The molecule has 0 aliphatic carbocycles. The standard InChI is InChI=1S/C15H21F3N2O/c16-15(17,18)8-2-10-21-14-6-4-13(5-7-14)20-9-1-3-12(19)11-20/h4-7,12H,1-3,8-11,19H2. The lowest BCUT2D eigenvalue weighted by atomic mass is 10.1. The average molecular weight is 302 g/mol. The van der Waals surface area contributed by atoms with E-state index in [1.807, 2.05) is 12.1 Å². The summed E-state index contributed by atoms with van der Waals surface area (Å²) in [6, 6.07) is 7.65. The summed E-state index contributed by atoms with van der Waals surface area (Å²) in [6.45, 7) is 1.90. The average Bonchev–Trinajstić information content (AvgIpc) is 2.43. The maximum Gasteiger partial charge on any atom is 0.389 e. The number of halogens is 3. The van der Waals surface area contributed by atoms with E-state index < -0.39 is 12.6 Å². The van der Waals surface area contributed by atoms with Crippen molar-refractivity contribution in [2.45, 2.75) is 37.9 Å². The lowest BCUT2D eigenvalue weighted by molar-refractivity contribution is -0.136. The van der Waals surface area contributed by atoms with Crippen LogP contribution in [-0.2, 0) is 0 Å². The predicted octanol–water partition coefficient (Wildman–Crippen LogP) is 3.34. The number of rotatable bonds is 5. The van der Waals surface area contributed by atoms with E-state index in [-0.39, 0.29) is 19.1 Å². The molecule has 1 aliphatic rings. The number of benzene rings is 1. The van der Waals surface area contributed by atoms with Crippen LogP contribution >= 0.6 is 0 Å². The zero-order valence-corrected chi connectivity index (χ0v) is 11.9. The Morgan fingerprint density at radius 3 is 2.57 bits per heavy atom. The molecule has 0 aromatic heterocycles. The van der Waals surface area contributed by atoms with Crippen LogP contribution in [0.2, 0.25) is 0 Å². The molecule has 0 spiro atoms. The van der Waals surface area contributed by atoms with Gasteiger partial charge in [0.05, 0.1) is 6.61 Å². The molecule has 1 unspecified atom stereocenters. The maximum absolute atomic E-state index is 12.0. The fourth-order valence-corrected chi connectivity index (χ4v) is 2.46. The summed E-state index contributed by atoms with van der Waals surface area (Å²) in [4.78, 5) is 2.22. The van der Waals surface area contributed by atoms with Crippen molar-refractivity contribution < 1.29 is 17.9 Å². The number of nitrogens with zero attached hydrogens (tertiary/aromatic N) is 1. The van der Waals surface area contributed by atoms with Crippen molar-refractivity contribution in [1.82, 2.24) is 0 Å². The summed E-state index contributed by atoms with van der Waals surface area (Å²) in [5.74, 6) is 0.599. The highest BCUT2D eigenvalue weighted by molar-refractivity contribution is 5.49. The first-order valence-electron chi connectivity index (χ1n) is 7.24. The van der Waals surface area contributed by atoms with Crippen molar-refractivity contribution in [3.05, 3.63) is 24.3 Å². The van der Waals surface area contributed by atoms with Crippen LogP contribution in [-0.4, -0.2) is 31.9 Å². The van der Waals surface area contributed by atoms with Gasteiger partial charge in [0.15, 0.2) is 0 Å². The molecule has 0 amide bonds. The van der Waals surface area contributed by atoms with Gasteiger partial charge in [-0.05, 0) is 43.5 Å². The molecule has 1 aliphatic heterocycles. The number of nitrogens with two attached hydrogens (primary N) is 1. The topological polar surface area (TPSA) is 38.5 Å². The van der Waals surface area contributed by atoms with Crippen molar-refractivity contribution >= 4 is 5.69 Å². The third-order valence-electron chi connectivity index (χ3n) is 3.53. The van der Waals surface area contributed by atoms with E-state index in [1.165, 1.54) is 0 Å². The monoisotopic (exact) mass is 302 g/mol. The highest BCUT2D eigenvalue weighted by atomic mass is 19.4. The first kappa shape index (κ1) is 15.9. The van der Waals surface area contributed by atoms with Gasteiger partial charge >= 0.3 is 6.18 Å². The first-order chi connectivity index (χ1) is 9.94. The summed E-state index contributed by atoms with van der Waals surface area (Å²) in [5, 5.41) is 0. The Labute approximate surface area is 122 Å². The lowest BCUT2D eigenvalue weighted by Gasteiger charge is -2.32. The summed E-state index contributed by atoms with van der Waals surface area (Å²) in [5.41, 5.74) is 7.03. The number of hydrogen-bond acceptors (Lipinski definition) is 3. The normalized spacial score (nSPS) is 19.6. The number of ether oxygens (including phenoxy) is 1. The fourth-order valence-electron chi connectivity index (χ4n) is 2.46. The third-order valence-corrected chi connectivity index (χ3v) is 3.53. The quantitative estimate of drug-likeness (QED) is 0.848. The van der Waals surface area contributed by atoms with Crippen LogP contribution in [0.25, 0.3) is 0 Å². The van der Waals surface area contributed by atoms with E-state index in [9.17, 15) is 13.2 Å². The minimum atomic E-state index is -4.11. The zero-order chi connectivity index (χ0) is 15.3. The van der Waals surface area contributed by atoms with E-state index in [4.69, 9.17) is 10.5 Å². The van der Waals surface area contributed by atoms with Gasteiger partial charge in [0, 0.05) is 31.2 Å². The second kappa shape index (κ2) is 7.02. The molecule has 1 saturated heterocycles. The summed E-state index contributed by atoms with van der Waals surface area (Å²) >= 11 is 0. The molecule has 1 aromatic carbocycles. The van der Waals surface area contributed by atoms with E-state index in [0.29, 0.717) is 5.75 Å². The highest BCUT2D eigenvalue weighted by Gasteiger charge is 2.26. The number of hydrogen-bond donors (Lipinski definition) is 1. The molecular formula is C15H21F3N2O. The third kappa shape index (κ3) is 5.46. The van der Waals surface area contributed by atoms with Crippen LogP contribution in [0.3, 0.4) is 0 Å². The van der Waals surface area contributed by atoms with Crippen molar-refractivity contribution in [2.75, 3.05) is 24.6 Å². The van der Waals surface area contributed by atoms with Gasteiger partial charge < -0.3 is 15.4 Å². The largest absolute Gasteiger partial charge is 0.494 e. The van der Waals surface area contributed by atoms with E-state index in [2.05, 4.69) is 4.90 Å². The minimum Gasteiger partial charge on any atom is -0.494 e. The molecular weight excluding hydrogens is 281 g/mol. The molecule has 118 valence electrons. The molecule has 21 heavy (non-hydrogen) atoms. The van der Waals surface area contributed by atoms with Gasteiger partial charge in [0.25, 0.3) is 0 Å². The number of piperidine rings is 1. The Morgan fingerprint density at radius 2 is 1.95 bits per heavy atom. The second-order valence-electron chi connectivity index (χ2n) is 5.41. The van der Waals surface area contributed by atoms with Crippen LogP contribution in [0.15, 0.2) is 24.3 Å². The van der Waals surface area contributed by atoms with Crippen molar-refractivity contribution in [3.8, 4) is 5.75 Å². The Hall–Kier alpha value is -1.43. The van der Waals surface area contributed by atoms with Crippen molar-refractivity contribution in [2.24, 2.45) is 5.73 Å². The molecule has 6 heteroatoms. The van der Waals surface area contributed by atoms with E-state index in [0.717, 1.165) is 31.6 Å². The zero-order valence-electron chi connectivity index (χ0n) is 11.9. The maximum atomic E-state index is 12.0. The van der Waals surface area contributed by atoms with Gasteiger partial charge in [0.1, 0.15) is 5.75 Å². The Balaban J connectivity index is 1.79. The van der Waals surface area contributed by atoms with Crippen LogP contribution in [0.5, 0.6) is 5.75 Å². The van der Waals surface area contributed by atoms with Crippen LogP contribution in [0.1, 0.15) is 25.7 Å². The molecule has 1 aromatic rings. The van der Waals surface area contributed by atoms with Gasteiger partial charge in [0.2, 0.25) is 0 Å². The van der Waals surface area contributed by atoms with Gasteiger partial charge in [-0.25, -0.2) is 0 Å². The van der Waals surface area contributed by atoms with Crippen LogP contribution in [0.4, 0.5) is 18.9 Å². The SMILES string of the molecule is NC1CCCN(c2ccc(OCCCC(F)(F)F)cc2)C1. The fraction of sp³-hybridized carbons (Fsp3) is 0.600. The van der Waals surface area contributed by atoms with Gasteiger partial charge in [-0.15, -0.1) is 0 Å². The van der Waals surface area contributed by atoms with E-state index in [1.54, 1.807) is 12.1 Å². The minimum absolute atomic E-state index is 0.0216.